The number of carbonyl (C=O) groups excluding carboxylic acids is 1. The molecule has 16 heavy (non-hydrogen) atoms. The molecule has 1 heterocycles. The van der Waals surface area contributed by atoms with Gasteiger partial charge in [0, 0.05) is 6.07 Å². The highest BCUT2D eigenvalue weighted by molar-refractivity contribution is 5.92. The van der Waals surface area contributed by atoms with Crippen molar-refractivity contribution in [1.82, 2.24) is 15.5 Å². The standard InChI is InChI=1S/C9H9F2N3O2/c10-8(11)9(3-4-9)12-7(16)5-1-2-6(15)14-13-5/h1-2,8H,3-4H2,(H,12,16)(H,14,15). The average molecular weight is 229 g/mol. The summed E-state index contributed by atoms with van der Waals surface area (Å²) in [7, 11) is 0. The monoisotopic (exact) mass is 229 g/mol. The molecule has 0 radical (unpaired) electrons. The summed E-state index contributed by atoms with van der Waals surface area (Å²) in [5.74, 6) is -0.700. The quantitative estimate of drug-likeness (QED) is 0.782. The Bertz CT molecular complexity index is 448. The van der Waals surface area contributed by atoms with Crippen LogP contribution >= 0.6 is 0 Å². The lowest BCUT2D eigenvalue weighted by Crippen LogP contribution is -2.42. The number of hydrogen-bond acceptors (Lipinski definition) is 3. The fourth-order valence-corrected chi connectivity index (χ4v) is 1.29. The first-order valence-electron chi connectivity index (χ1n) is 4.70. The number of aromatic nitrogens is 2. The predicted octanol–water partition coefficient (Wildman–Crippen LogP) is 0.297. The molecule has 1 aliphatic carbocycles. The Morgan fingerprint density at radius 3 is 2.62 bits per heavy atom. The first-order valence-corrected chi connectivity index (χ1v) is 4.70. The number of halogens is 2. The number of alkyl halides is 2. The van der Waals surface area contributed by atoms with Crippen molar-refractivity contribution < 1.29 is 13.6 Å². The molecule has 0 spiro atoms. The van der Waals surface area contributed by atoms with Gasteiger partial charge in [-0.15, -0.1) is 0 Å². The van der Waals surface area contributed by atoms with E-state index in [9.17, 15) is 18.4 Å². The van der Waals surface area contributed by atoms with Crippen molar-refractivity contribution in [3.8, 4) is 0 Å². The molecule has 0 saturated heterocycles. The number of amides is 1. The molecular weight excluding hydrogens is 220 g/mol. The van der Waals surface area contributed by atoms with Gasteiger partial charge in [0.15, 0.2) is 0 Å². The molecule has 0 unspecified atom stereocenters. The minimum atomic E-state index is -2.58. The van der Waals surface area contributed by atoms with Crippen LogP contribution in [-0.4, -0.2) is 28.1 Å². The van der Waals surface area contributed by atoms with Crippen molar-refractivity contribution in [3.05, 3.63) is 28.2 Å². The van der Waals surface area contributed by atoms with Gasteiger partial charge in [-0.25, -0.2) is 13.9 Å². The molecule has 2 N–H and O–H groups in total. The van der Waals surface area contributed by atoms with Gasteiger partial charge in [0.2, 0.25) is 0 Å². The summed E-state index contributed by atoms with van der Waals surface area (Å²) in [6.45, 7) is 0. The lowest BCUT2D eigenvalue weighted by molar-refractivity contribution is 0.0676. The Hall–Kier alpha value is -1.79. The first kappa shape index (κ1) is 10.7. The maximum absolute atomic E-state index is 12.5. The van der Waals surface area contributed by atoms with Crippen molar-refractivity contribution in [2.45, 2.75) is 24.8 Å². The van der Waals surface area contributed by atoms with E-state index < -0.39 is 23.4 Å². The molecule has 1 aliphatic rings. The molecular formula is C9H9F2N3O2. The smallest absolute Gasteiger partial charge is 0.272 e. The minimum Gasteiger partial charge on any atom is -0.339 e. The first-order chi connectivity index (χ1) is 7.53. The van der Waals surface area contributed by atoms with E-state index in [0.717, 1.165) is 6.07 Å². The Morgan fingerprint density at radius 1 is 1.50 bits per heavy atom. The van der Waals surface area contributed by atoms with E-state index in [2.05, 4.69) is 15.5 Å². The van der Waals surface area contributed by atoms with Gasteiger partial charge in [-0.1, -0.05) is 0 Å². The molecule has 5 nitrogen and oxygen atoms in total. The maximum atomic E-state index is 12.5. The lowest BCUT2D eigenvalue weighted by Gasteiger charge is -2.15. The van der Waals surface area contributed by atoms with Crippen LogP contribution in [0.1, 0.15) is 23.3 Å². The fourth-order valence-electron chi connectivity index (χ4n) is 1.29. The highest BCUT2D eigenvalue weighted by Gasteiger charge is 2.52. The molecule has 1 saturated carbocycles. The molecule has 1 aromatic rings. The predicted molar refractivity (Wildman–Crippen MR) is 50.3 cm³/mol. The second-order valence-corrected chi connectivity index (χ2v) is 3.72. The van der Waals surface area contributed by atoms with Gasteiger partial charge in [-0.3, -0.25) is 9.59 Å². The Kier molecular flexibility index (Phi) is 2.45. The van der Waals surface area contributed by atoms with Crippen LogP contribution in [0.25, 0.3) is 0 Å². The van der Waals surface area contributed by atoms with E-state index in [1.54, 1.807) is 0 Å². The average Bonchev–Trinajstić information content (AvgIpc) is 3.00. The molecule has 1 amide bonds. The summed E-state index contributed by atoms with van der Waals surface area (Å²) < 4.78 is 25.0. The summed E-state index contributed by atoms with van der Waals surface area (Å²) in [5.41, 5.74) is -1.92. The minimum absolute atomic E-state index is 0.0773. The molecule has 1 aromatic heterocycles. The van der Waals surface area contributed by atoms with Crippen molar-refractivity contribution in [2.75, 3.05) is 0 Å². The summed E-state index contributed by atoms with van der Waals surface area (Å²) in [6, 6.07) is 2.31. The number of nitrogens with zero attached hydrogens (tertiary/aromatic N) is 1. The zero-order valence-corrected chi connectivity index (χ0v) is 8.17. The van der Waals surface area contributed by atoms with E-state index in [-0.39, 0.29) is 18.5 Å². The van der Waals surface area contributed by atoms with E-state index in [4.69, 9.17) is 0 Å². The normalized spacial score (nSPS) is 17.2. The maximum Gasteiger partial charge on any atom is 0.272 e. The largest absolute Gasteiger partial charge is 0.339 e. The van der Waals surface area contributed by atoms with Crippen molar-refractivity contribution in [3.63, 3.8) is 0 Å². The number of aromatic amines is 1. The summed E-state index contributed by atoms with van der Waals surface area (Å²) in [6.07, 6.45) is -2.06. The summed E-state index contributed by atoms with van der Waals surface area (Å²) in [5, 5.41) is 7.75. The van der Waals surface area contributed by atoms with Crippen molar-refractivity contribution in [2.24, 2.45) is 0 Å². The summed E-state index contributed by atoms with van der Waals surface area (Å²) in [4.78, 5) is 22.2. The van der Waals surface area contributed by atoms with Gasteiger partial charge in [0.1, 0.15) is 11.2 Å². The molecule has 7 heteroatoms. The SMILES string of the molecule is O=C(NC1(C(F)F)CC1)c1ccc(=O)[nH]n1. The van der Waals surface area contributed by atoms with Crippen LogP contribution < -0.4 is 10.9 Å². The third-order valence-corrected chi connectivity index (χ3v) is 2.48. The highest BCUT2D eigenvalue weighted by atomic mass is 19.3. The molecule has 86 valence electrons. The van der Waals surface area contributed by atoms with Gasteiger partial charge < -0.3 is 5.32 Å². The summed E-state index contributed by atoms with van der Waals surface area (Å²) >= 11 is 0. The van der Waals surface area contributed by atoms with Gasteiger partial charge in [-0.2, -0.15) is 5.10 Å². The third-order valence-electron chi connectivity index (χ3n) is 2.48. The fraction of sp³-hybridized carbons (Fsp3) is 0.444. The molecule has 0 bridgehead atoms. The number of hydrogen-bond donors (Lipinski definition) is 2. The van der Waals surface area contributed by atoms with Gasteiger partial charge >= 0.3 is 0 Å². The topological polar surface area (TPSA) is 74.8 Å². The molecule has 2 rings (SSSR count). The van der Waals surface area contributed by atoms with Crippen molar-refractivity contribution >= 4 is 5.91 Å². The molecule has 0 aromatic carbocycles. The van der Waals surface area contributed by atoms with Crippen LogP contribution in [-0.2, 0) is 0 Å². The highest BCUT2D eigenvalue weighted by Crippen LogP contribution is 2.41. The van der Waals surface area contributed by atoms with Gasteiger partial charge in [-0.05, 0) is 18.9 Å². The van der Waals surface area contributed by atoms with E-state index in [1.807, 2.05) is 0 Å². The number of rotatable bonds is 3. The van der Waals surface area contributed by atoms with E-state index in [0.29, 0.717) is 0 Å². The van der Waals surface area contributed by atoms with Gasteiger partial charge in [0.05, 0.1) is 0 Å². The second kappa shape index (κ2) is 3.66. The van der Waals surface area contributed by atoms with Crippen LogP contribution in [0, 0.1) is 0 Å². The Balaban J connectivity index is 2.09. The van der Waals surface area contributed by atoms with Crippen LogP contribution in [0.4, 0.5) is 8.78 Å². The van der Waals surface area contributed by atoms with Crippen molar-refractivity contribution in [1.29, 1.82) is 0 Å². The number of H-pyrrole nitrogens is 1. The Labute approximate surface area is 88.9 Å². The zero-order chi connectivity index (χ0) is 11.8. The van der Waals surface area contributed by atoms with Crippen LogP contribution in [0.3, 0.4) is 0 Å². The second-order valence-electron chi connectivity index (χ2n) is 3.72. The van der Waals surface area contributed by atoms with Crippen LogP contribution in [0.5, 0.6) is 0 Å². The number of carbonyl (C=O) groups is 1. The van der Waals surface area contributed by atoms with Crippen LogP contribution in [0.15, 0.2) is 16.9 Å². The van der Waals surface area contributed by atoms with E-state index >= 15 is 0 Å². The zero-order valence-electron chi connectivity index (χ0n) is 8.17. The number of nitrogens with one attached hydrogen (secondary N) is 2. The lowest BCUT2D eigenvalue weighted by atomic mass is 10.2. The third kappa shape index (κ3) is 1.93. The van der Waals surface area contributed by atoms with Gasteiger partial charge in [0.25, 0.3) is 17.9 Å². The Morgan fingerprint density at radius 2 is 2.19 bits per heavy atom. The van der Waals surface area contributed by atoms with E-state index in [1.165, 1.54) is 6.07 Å². The molecule has 0 atom stereocenters. The van der Waals surface area contributed by atoms with Crippen LogP contribution in [0.2, 0.25) is 0 Å². The molecule has 0 aliphatic heterocycles. The molecule has 1 fully saturated rings.